The first-order chi connectivity index (χ1) is 10.0. The smallest absolute Gasteiger partial charge is 0.138 e. The van der Waals surface area contributed by atoms with Crippen molar-refractivity contribution in [2.45, 2.75) is 53.6 Å². The first kappa shape index (κ1) is 15.8. The number of nitrogens with zero attached hydrogens (tertiary/aromatic N) is 3. The van der Waals surface area contributed by atoms with Crippen LogP contribution in [0.3, 0.4) is 0 Å². The van der Waals surface area contributed by atoms with E-state index in [2.05, 4.69) is 42.2 Å². The van der Waals surface area contributed by atoms with Gasteiger partial charge in [0.05, 0.1) is 0 Å². The van der Waals surface area contributed by atoms with Crippen molar-refractivity contribution in [3.05, 3.63) is 35.3 Å². The van der Waals surface area contributed by atoms with Crippen molar-refractivity contribution in [3.8, 4) is 0 Å². The van der Waals surface area contributed by atoms with Gasteiger partial charge in [0.2, 0.25) is 0 Å². The monoisotopic (exact) mass is 290 g/mol. The molecule has 0 radical (unpaired) electrons. The summed E-state index contributed by atoms with van der Waals surface area (Å²) >= 11 is 0. The first-order valence-electron chi connectivity index (χ1n) is 7.68. The van der Waals surface area contributed by atoms with Crippen LogP contribution < -0.4 is 5.32 Å². The summed E-state index contributed by atoms with van der Waals surface area (Å²) in [4.78, 5) is 4.43. The van der Waals surface area contributed by atoms with Gasteiger partial charge in [-0.15, -0.1) is 0 Å². The van der Waals surface area contributed by atoms with E-state index < -0.39 is 0 Å². The molecule has 21 heavy (non-hydrogen) atoms. The molecule has 5 nitrogen and oxygen atoms in total. The second-order valence-corrected chi connectivity index (χ2v) is 5.94. The van der Waals surface area contributed by atoms with Crippen LogP contribution in [0.4, 0.5) is 0 Å². The molecule has 1 N–H and O–H groups in total. The molecule has 0 spiro atoms. The topological polar surface area (TPSA) is 55.9 Å². The highest BCUT2D eigenvalue weighted by Gasteiger charge is 2.19. The zero-order valence-electron chi connectivity index (χ0n) is 13.7. The Labute approximate surface area is 126 Å². The molecule has 1 unspecified atom stereocenters. The van der Waals surface area contributed by atoms with E-state index in [4.69, 9.17) is 4.42 Å². The summed E-state index contributed by atoms with van der Waals surface area (Å²) in [6, 6.07) is 2.33. The Bertz CT molecular complexity index is 571. The molecule has 5 heteroatoms. The molecule has 0 fully saturated rings. The maximum absolute atomic E-state index is 5.67. The Hall–Kier alpha value is -1.62. The van der Waals surface area contributed by atoms with Crippen LogP contribution in [0, 0.1) is 19.8 Å². The standard InChI is InChI=1S/C16H26N4O/c1-6-17-15(14-7-12(4)21-13(14)5)8-16-18-10-19-20(16)9-11(2)3/h7,10-11,15,17H,6,8-9H2,1-5H3. The van der Waals surface area contributed by atoms with Crippen molar-refractivity contribution in [1.29, 1.82) is 0 Å². The maximum atomic E-state index is 5.67. The summed E-state index contributed by atoms with van der Waals surface area (Å²) in [5.41, 5.74) is 1.22. The summed E-state index contributed by atoms with van der Waals surface area (Å²) in [6.45, 7) is 12.3. The lowest BCUT2D eigenvalue weighted by atomic mass is 10.0. The number of furan rings is 1. The summed E-state index contributed by atoms with van der Waals surface area (Å²) < 4.78 is 7.68. The zero-order chi connectivity index (χ0) is 15.4. The van der Waals surface area contributed by atoms with Gasteiger partial charge in [-0.05, 0) is 32.4 Å². The molecule has 2 heterocycles. The highest BCUT2D eigenvalue weighted by Crippen LogP contribution is 2.24. The van der Waals surface area contributed by atoms with Crippen molar-refractivity contribution in [1.82, 2.24) is 20.1 Å². The van der Waals surface area contributed by atoms with E-state index in [9.17, 15) is 0 Å². The average Bonchev–Trinajstić information content (AvgIpc) is 2.95. The lowest BCUT2D eigenvalue weighted by Gasteiger charge is -2.18. The van der Waals surface area contributed by atoms with E-state index in [0.717, 1.165) is 36.9 Å². The van der Waals surface area contributed by atoms with Gasteiger partial charge in [0.1, 0.15) is 23.7 Å². The summed E-state index contributed by atoms with van der Waals surface area (Å²) in [5, 5.41) is 7.88. The Balaban J connectivity index is 2.20. The lowest BCUT2D eigenvalue weighted by molar-refractivity contribution is 0.442. The predicted molar refractivity (Wildman–Crippen MR) is 83.2 cm³/mol. The molecule has 0 aromatic carbocycles. The van der Waals surface area contributed by atoms with E-state index in [-0.39, 0.29) is 6.04 Å². The molecule has 0 bridgehead atoms. The molecule has 1 atom stereocenters. The minimum atomic E-state index is 0.211. The molecule has 0 saturated heterocycles. The number of rotatable bonds is 7. The molecule has 2 aromatic heterocycles. The summed E-state index contributed by atoms with van der Waals surface area (Å²) in [6.07, 6.45) is 2.47. The van der Waals surface area contributed by atoms with Crippen LogP contribution in [-0.2, 0) is 13.0 Å². The molecule has 0 aliphatic heterocycles. The third kappa shape index (κ3) is 3.94. The van der Waals surface area contributed by atoms with Gasteiger partial charge in [-0.25, -0.2) is 9.67 Å². The number of aryl methyl sites for hydroxylation is 2. The third-order valence-electron chi connectivity index (χ3n) is 3.53. The fourth-order valence-corrected chi connectivity index (χ4v) is 2.66. The zero-order valence-corrected chi connectivity index (χ0v) is 13.7. The molecule has 116 valence electrons. The van der Waals surface area contributed by atoms with Gasteiger partial charge in [-0.3, -0.25) is 0 Å². The van der Waals surface area contributed by atoms with Crippen LogP contribution in [0.25, 0.3) is 0 Å². The molecule has 2 aromatic rings. The summed E-state index contributed by atoms with van der Waals surface area (Å²) in [7, 11) is 0. The Kier molecular flexibility index (Phi) is 5.17. The SMILES string of the molecule is CCNC(Cc1ncnn1CC(C)C)c1cc(C)oc1C. The minimum absolute atomic E-state index is 0.211. The fraction of sp³-hybridized carbons (Fsp3) is 0.625. The molecule has 0 aliphatic rings. The second-order valence-electron chi connectivity index (χ2n) is 5.94. The Morgan fingerprint density at radius 1 is 1.33 bits per heavy atom. The number of nitrogens with one attached hydrogen (secondary N) is 1. The first-order valence-corrected chi connectivity index (χ1v) is 7.68. The van der Waals surface area contributed by atoms with Gasteiger partial charge in [0.15, 0.2) is 0 Å². The molecule has 0 saturated carbocycles. The number of likely N-dealkylation sites (N-methyl/N-ethyl adjacent to an activating group) is 1. The second kappa shape index (κ2) is 6.89. The fourth-order valence-electron chi connectivity index (χ4n) is 2.66. The van der Waals surface area contributed by atoms with Crippen LogP contribution in [0.2, 0.25) is 0 Å². The van der Waals surface area contributed by atoms with Gasteiger partial charge in [-0.1, -0.05) is 20.8 Å². The Morgan fingerprint density at radius 2 is 2.10 bits per heavy atom. The molecular weight excluding hydrogens is 264 g/mol. The Morgan fingerprint density at radius 3 is 2.67 bits per heavy atom. The summed E-state index contributed by atoms with van der Waals surface area (Å²) in [5.74, 6) is 3.51. The normalized spacial score (nSPS) is 13.0. The van der Waals surface area contributed by atoms with Gasteiger partial charge >= 0.3 is 0 Å². The van der Waals surface area contributed by atoms with E-state index >= 15 is 0 Å². The largest absolute Gasteiger partial charge is 0.466 e. The van der Waals surface area contributed by atoms with Crippen LogP contribution >= 0.6 is 0 Å². The van der Waals surface area contributed by atoms with Crippen LogP contribution in [-0.4, -0.2) is 21.3 Å². The van der Waals surface area contributed by atoms with Crippen molar-refractivity contribution >= 4 is 0 Å². The van der Waals surface area contributed by atoms with Crippen LogP contribution in [0.15, 0.2) is 16.8 Å². The van der Waals surface area contributed by atoms with Gasteiger partial charge in [-0.2, -0.15) is 5.10 Å². The number of hydrogen-bond acceptors (Lipinski definition) is 4. The number of hydrogen-bond donors (Lipinski definition) is 1. The average molecular weight is 290 g/mol. The van der Waals surface area contributed by atoms with E-state index in [1.807, 2.05) is 18.5 Å². The molecular formula is C16H26N4O. The molecule has 2 rings (SSSR count). The van der Waals surface area contributed by atoms with Gasteiger partial charge in [0, 0.05) is 24.6 Å². The van der Waals surface area contributed by atoms with Gasteiger partial charge < -0.3 is 9.73 Å². The highest BCUT2D eigenvalue weighted by molar-refractivity contribution is 5.25. The van der Waals surface area contributed by atoms with Crippen molar-refractivity contribution in [3.63, 3.8) is 0 Å². The minimum Gasteiger partial charge on any atom is -0.466 e. The van der Waals surface area contributed by atoms with Gasteiger partial charge in [0.25, 0.3) is 0 Å². The van der Waals surface area contributed by atoms with Crippen molar-refractivity contribution < 1.29 is 4.42 Å². The van der Waals surface area contributed by atoms with Crippen molar-refractivity contribution in [2.24, 2.45) is 5.92 Å². The molecule has 0 aliphatic carbocycles. The highest BCUT2D eigenvalue weighted by atomic mass is 16.3. The third-order valence-corrected chi connectivity index (χ3v) is 3.53. The number of aromatic nitrogens is 3. The molecule has 0 amide bonds. The maximum Gasteiger partial charge on any atom is 0.138 e. The quantitative estimate of drug-likeness (QED) is 0.851. The lowest BCUT2D eigenvalue weighted by Crippen LogP contribution is -2.25. The van der Waals surface area contributed by atoms with E-state index in [1.54, 1.807) is 6.33 Å². The van der Waals surface area contributed by atoms with Crippen LogP contribution in [0.5, 0.6) is 0 Å². The predicted octanol–water partition coefficient (Wildman–Crippen LogP) is 3.04. The van der Waals surface area contributed by atoms with Crippen molar-refractivity contribution in [2.75, 3.05) is 6.54 Å². The van der Waals surface area contributed by atoms with Crippen LogP contribution in [0.1, 0.15) is 49.7 Å². The van der Waals surface area contributed by atoms with E-state index in [1.165, 1.54) is 5.56 Å². The van der Waals surface area contributed by atoms with E-state index in [0.29, 0.717) is 5.92 Å².